The van der Waals surface area contributed by atoms with Crippen LogP contribution < -0.4 is 16.0 Å². The zero-order chi connectivity index (χ0) is 28.4. The smallest absolute Gasteiger partial charge is 0.412 e. The Bertz CT molecular complexity index is 1520. The van der Waals surface area contributed by atoms with Crippen molar-refractivity contribution in [2.24, 2.45) is 16.1 Å². The molecule has 41 heavy (non-hydrogen) atoms. The summed E-state index contributed by atoms with van der Waals surface area (Å²) in [6.07, 6.45) is 7.93. The summed E-state index contributed by atoms with van der Waals surface area (Å²) in [4.78, 5) is 40.6. The summed E-state index contributed by atoms with van der Waals surface area (Å²) in [5.41, 5.74) is 2.38. The molecule has 5 rings (SSSR count). The fourth-order valence-corrected chi connectivity index (χ4v) is 4.79. The highest BCUT2D eigenvalue weighted by Crippen LogP contribution is 2.28. The first kappa shape index (κ1) is 27.6. The molecule has 0 fully saturated rings. The van der Waals surface area contributed by atoms with E-state index in [1.165, 1.54) is 11.3 Å². The molecule has 210 valence electrons. The number of aryl methyl sites for hydroxylation is 1. The Kier molecular flexibility index (Phi) is 9.06. The fourth-order valence-electron chi connectivity index (χ4n) is 4.02. The van der Waals surface area contributed by atoms with Gasteiger partial charge in [-0.25, -0.2) is 4.79 Å². The molecule has 3 amide bonds. The van der Waals surface area contributed by atoms with Crippen LogP contribution in [0.4, 0.5) is 9.80 Å². The first-order valence-corrected chi connectivity index (χ1v) is 13.9. The molecule has 1 unspecified atom stereocenters. The third-order valence-corrected chi connectivity index (χ3v) is 6.96. The van der Waals surface area contributed by atoms with Crippen LogP contribution in [-0.2, 0) is 27.4 Å². The minimum Gasteiger partial charge on any atom is -0.444 e. The average molecular weight is 574 g/mol. The summed E-state index contributed by atoms with van der Waals surface area (Å²) in [6.45, 7) is 1.21. The zero-order valence-corrected chi connectivity index (χ0v) is 22.7. The number of carbonyl (C=O) groups excluding carboxylic acids is 3. The molecule has 0 saturated heterocycles. The Morgan fingerprint density at radius 2 is 1.98 bits per heavy atom. The molecule has 2 aliphatic rings. The number of anilines is 1. The largest absolute Gasteiger partial charge is 0.444 e. The lowest BCUT2D eigenvalue weighted by Crippen LogP contribution is -2.28. The summed E-state index contributed by atoms with van der Waals surface area (Å²) >= 11 is 1.31. The lowest BCUT2D eigenvalue weighted by Gasteiger charge is -2.20. The summed E-state index contributed by atoms with van der Waals surface area (Å²) in [5.74, 6) is 0.486. The van der Waals surface area contributed by atoms with Gasteiger partial charge in [-0.2, -0.15) is 4.98 Å². The number of ether oxygens (including phenoxy) is 1. The third kappa shape index (κ3) is 7.60. The van der Waals surface area contributed by atoms with Crippen molar-refractivity contribution in [2.45, 2.75) is 25.9 Å². The van der Waals surface area contributed by atoms with E-state index in [0.29, 0.717) is 54.0 Å². The van der Waals surface area contributed by atoms with E-state index in [1.807, 2.05) is 48.6 Å². The molecule has 2 aromatic heterocycles. The minimum atomic E-state index is -0.557. The fraction of sp³-hybridized carbons (Fsp3) is 0.250. The predicted octanol–water partition coefficient (Wildman–Crippen LogP) is 4.52. The van der Waals surface area contributed by atoms with E-state index >= 15 is 0 Å². The van der Waals surface area contributed by atoms with Crippen LogP contribution in [0, 0.1) is 5.92 Å². The molecule has 1 aliphatic heterocycles. The van der Waals surface area contributed by atoms with Gasteiger partial charge in [-0.3, -0.25) is 14.9 Å². The Hall–Kier alpha value is -4.91. The van der Waals surface area contributed by atoms with Crippen molar-refractivity contribution < 1.29 is 23.6 Å². The van der Waals surface area contributed by atoms with E-state index in [0.717, 1.165) is 11.1 Å². The molecule has 1 aromatic carbocycles. The van der Waals surface area contributed by atoms with Crippen molar-refractivity contribution >= 4 is 34.2 Å². The maximum Gasteiger partial charge on any atom is 0.412 e. The number of hydrogen-bond acceptors (Lipinski definition) is 10. The van der Waals surface area contributed by atoms with Crippen LogP contribution >= 0.6 is 11.3 Å². The quantitative estimate of drug-likeness (QED) is 0.267. The van der Waals surface area contributed by atoms with Gasteiger partial charge in [0.1, 0.15) is 6.61 Å². The Morgan fingerprint density at radius 3 is 2.85 bits per heavy atom. The van der Waals surface area contributed by atoms with Gasteiger partial charge in [-0.1, -0.05) is 59.8 Å². The van der Waals surface area contributed by atoms with Gasteiger partial charge < -0.3 is 19.9 Å². The maximum absolute atomic E-state index is 12.3. The van der Waals surface area contributed by atoms with Crippen LogP contribution in [0.5, 0.6) is 0 Å². The number of allylic oxidation sites excluding steroid dienone is 3. The number of benzene rings is 1. The third-order valence-electron chi connectivity index (χ3n) is 6.11. The highest BCUT2D eigenvalue weighted by atomic mass is 32.1. The monoisotopic (exact) mass is 573 g/mol. The van der Waals surface area contributed by atoms with Gasteiger partial charge in [-0.05, 0) is 18.1 Å². The molecule has 12 nitrogen and oxygen atoms in total. The van der Waals surface area contributed by atoms with Gasteiger partial charge in [0.25, 0.3) is 5.91 Å². The molecule has 1 atom stereocenters. The molecule has 3 N–H and O–H groups in total. The molecule has 13 heteroatoms. The molecule has 0 saturated carbocycles. The second kappa shape index (κ2) is 13.4. The van der Waals surface area contributed by atoms with Crippen LogP contribution in [0.3, 0.4) is 0 Å². The second-order valence-electron chi connectivity index (χ2n) is 9.09. The Morgan fingerprint density at radius 1 is 1.10 bits per heavy atom. The first-order chi connectivity index (χ1) is 20.0. The molecule has 0 bridgehead atoms. The molecule has 0 radical (unpaired) electrons. The number of azo groups is 1. The highest BCUT2D eigenvalue weighted by Gasteiger charge is 2.27. The number of hydrogen-bond donors (Lipinski definition) is 3. The van der Waals surface area contributed by atoms with Crippen molar-refractivity contribution in [1.82, 2.24) is 20.8 Å². The average Bonchev–Trinajstić information content (AvgIpc) is 3.66. The molecule has 0 spiro atoms. The molecular formula is C28H27N7O5S. The second-order valence-corrected chi connectivity index (χ2v) is 10.0. The van der Waals surface area contributed by atoms with Gasteiger partial charge in [0.15, 0.2) is 5.82 Å². The summed E-state index contributed by atoms with van der Waals surface area (Å²) in [6, 6.07) is 11.1. The van der Waals surface area contributed by atoms with Crippen LogP contribution in [0.2, 0.25) is 0 Å². The van der Waals surface area contributed by atoms with Crippen LogP contribution in [0.25, 0.3) is 11.4 Å². The molecule has 1 aliphatic carbocycles. The van der Waals surface area contributed by atoms with Gasteiger partial charge >= 0.3 is 6.09 Å². The van der Waals surface area contributed by atoms with Gasteiger partial charge in [0, 0.05) is 42.4 Å². The summed E-state index contributed by atoms with van der Waals surface area (Å²) < 4.78 is 10.5. The minimum absolute atomic E-state index is 0.133. The Balaban J connectivity index is 0.996. The van der Waals surface area contributed by atoms with E-state index in [2.05, 4.69) is 36.3 Å². The van der Waals surface area contributed by atoms with Crippen LogP contribution in [0.15, 0.2) is 92.2 Å². The Labute approximate surface area is 239 Å². The van der Waals surface area contributed by atoms with Crippen molar-refractivity contribution in [1.29, 1.82) is 0 Å². The number of nitrogens with one attached hydrogen (secondary N) is 3. The van der Waals surface area contributed by atoms with E-state index in [9.17, 15) is 14.4 Å². The van der Waals surface area contributed by atoms with Crippen LogP contribution in [0.1, 0.15) is 24.3 Å². The maximum atomic E-state index is 12.3. The van der Waals surface area contributed by atoms with Crippen molar-refractivity contribution in [3.8, 4) is 11.4 Å². The van der Waals surface area contributed by atoms with Crippen molar-refractivity contribution in [3.05, 3.63) is 88.9 Å². The molecular weight excluding hydrogens is 546 g/mol. The van der Waals surface area contributed by atoms with Gasteiger partial charge in [0.2, 0.25) is 17.6 Å². The standard InChI is InChI=1S/C28H27N7O5S/c36-22(29-13-6-14-30-26-20-9-4-5-10-21(20)27(37)34-33-26)11-12-23-31-25(35-40-23)19-15-24(41-17-19)32-28(38)39-16-18-7-2-1-3-8-18/h1-5,7-10,15,17,21,30H,6,11-14,16H2,(H,29,36)(H,32,38). The van der Waals surface area contributed by atoms with Crippen LogP contribution in [-0.4, -0.2) is 41.1 Å². The van der Waals surface area contributed by atoms with E-state index in [-0.39, 0.29) is 24.8 Å². The lowest BCUT2D eigenvalue weighted by molar-refractivity contribution is -0.121. The van der Waals surface area contributed by atoms with Crippen molar-refractivity contribution in [2.75, 3.05) is 18.4 Å². The predicted molar refractivity (Wildman–Crippen MR) is 150 cm³/mol. The number of amides is 3. The normalized spacial score (nSPS) is 15.5. The van der Waals surface area contributed by atoms with Gasteiger partial charge in [-0.15, -0.1) is 21.6 Å². The zero-order valence-electron chi connectivity index (χ0n) is 21.9. The van der Waals surface area contributed by atoms with E-state index in [1.54, 1.807) is 17.5 Å². The topological polar surface area (TPSA) is 160 Å². The van der Waals surface area contributed by atoms with Crippen molar-refractivity contribution in [3.63, 3.8) is 0 Å². The van der Waals surface area contributed by atoms with E-state index in [4.69, 9.17) is 9.26 Å². The number of rotatable bonds is 12. The first-order valence-electron chi connectivity index (χ1n) is 13.0. The number of nitrogens with zero attached hydrogens (tertiary/aromatic N) is 4. The molecule has 3 aromatic rings. The number of fused-ring (bicyclic) bond motifs is 1. The summed E-state index contributed by atoms with van der Waals surface area (Å²) in [7, 11) is 0. The van der Waals surface area contributed by atoms with E-state index < -0.39 is 12.0 Å². The lowest BCUT2D eigenvalue weighted by atomic mass is 9.93. The number of aromatic nitrogens is 2. The summed E-state index contributed by atoms with van der Waals surface area (Å²) in [5, 5.41) is 22.8. The number of thiophene rings is 1. The number of carbonyl (C=O) groups is 3. The van der Waals surface area contributed by atoms with Gasteiger partial charge in [0.05, 0.1) is 10.9 Å². The SMILES string of the molecule is O=C(CCc1nc(-c2csc(NC(=O)OCc3ccccc3)c2)no1)NCCCNC1=C2C=CC=CC2C(=O)N=N1. The highest BCUT2D eigenvalue weighted by molar-refractivity contribution is 7.14. The molecule has 3 heterocycles.